The second-order valence-corrected chi connectivity index (χ2v) is 6.68. The highest BCUT2D eigenvalue weighted by Crippen LogP contribution is 2.38. The Hall–Kier alpha value is -4.01. The highest BCUT2D eigenvalue weighted by atomic mass is 16.6. The zero-order chi connectivity index (χ0) is 20.5. The van der Waals surface area contributed by atoms with E-state index in [1.54, 1.807) is 6.07 Å². The fraction of sp³-hybridized carbons (Fsp3) is 0.150. The first kappa shape index (κ1) is 18.4. The van der Waals surface area contributed by atoms with E-state index in [-0.39, 0.29) is 18.0 Å². The van der Waals surface area contributed by atoms with Gasteiger partial charge in [-0.1, -0.05) is 36.4 Å². The third-order valence-corrected chi connectivity index (χ3v) is 4.71. The molecule has 0 saturated heterocycles. The van der Waals surface area contributed by atoms with Gasteiger partial charge in [0.15, 0.2) is 0 Å². The van der Waals surface area contributed by atoms with E-state index >= 15 is 0 Å². The normalized spacial score (nSPS) is 14.9. The van der Waals surface area contributed by atoms with Crippen molar-refractivity contribution in [2.45, 2.75) is 19.4 Å². The molecular formula is C20H17N5O4. The minimum absolute atomic E-state index is 0.126. The van der Waals surface area contributed by atoms with Gasteiger partial charge in [-0.2, -0.15) is 5.10 Å². The van der Waals surface area contributed by atoms with Crippen LogP contribution in [-0.4, -0.2) is 26.5 Å². The monoisotopic (exact) mass is 391 g/mol. The van der Waals surface area contributed by atoms with Crippen LogP contribution >= 0.6 is 0 Å². The molecule has 9 heteroatoms. The van der Waals surface area contributed by atoms with Gasteiger partial charge < -0.3 is 10.6 Å². The first-order valence-electron chi connectivity index (χ1n) is 8.93. The first-order chi connectivity index (χ1) is 13.9. The molecule has 146 valence electrons. The number of nitro benzene ring substituents is 1. The van der Waals surface area contributed by atoms with Crippen LogP contribution in [-0.2, 0) is 9.59 Å². The highest BCUT2D eigenvalue weighted by molar-refractivity contribution is 6.04. The first-order valence-corrected chi connectivity index (χ1v) is 8.93. The van der Waals surface area contributed by atoms with Crippen molar-refractivity contribution in [1.82, 2.24) is 9.78 Å². The van der Waals surface area contributed by atoms with Gasteiger partial charge in [0.05, 0.1) is 17.0 Å². The molecule has 0 bridgehead atoms. The molecule has 2 aromatic carbocycles. The van der Waals surface area contributed by atoms with Crippen molar-refractivity contribution in [3.63, 3.8) is 0 Å². The van der Waals surface area contributed by atoms with Crippen molar-refractivity contribution >= 4 is 29.0 Å². The van der Waals surface area contributed by atoms with Crippen molar-refractivity contribution in [2.24, 2.45) is 0 Å². The molecule has 0 spiro atoms. The quantitative estimate of drug-likeness (QED) is 0.511. The number of hydrogen-bond acceptors (Lipinski definition) is 5. The molecule has 3 aromatic rings. The Kier molecular flexibility index (Phi) is 4.55. The van der Waals surface area contributed by atoms with Crippen LogP contribution in [0.4, 0.5) is 17.2 Å². The molecule has 0 saturated carbocycles. The Morgan fingerprint density at radius 2 is 2.00 bits per heavy atom. The Morgan fingerprint density at radius 1 is 1.24 bits per heavy atom. The van der Waals surface area contributed by atoms with E-state index in [9.17, 15) is 19.7 Å². The van der Waals surface area contributed by atoms with Gasteiger partial charge in [0.2, 0.25) is 5.91 Å². The summed E-state index contributed by atoms with van der Waals surface area (Å²) in [5, 5.41) is 20.8. The molecular weight excluding hydrogens is 374 g/mol. The van der Waals surface area contributed by atoms with Crippen LogP contribution in [0.3, 0.4) is 0 Å². The maximum atomic E-state index is 12.5. The van der Waals surface area contributed by atoms with Crippen molar-refractivity contribution in [1.29, 1.82) is 0 Å². The number of nitro groups is 1. The van der Waals surface area contributed by atoms with Crippen LogP contribution in [0.1, 0.15) is 18.2 Å². The zero-order valence-corrected chi connectivity index (χ0v) is 15.5. The molecule has 4 rings (SSSR count). The Morgan fingerprint density at radius 3 is 2.72 bits per heavy atom. The van der Waals surface area contributed by atoms with Crippen molar-refractivity contribution < 1.29 is 14.5 Å². The number of carbonyl (C=O) groups is 2. The maximum Gasteiger partial charge on any atom is 0.271 e. The lowest BCUT2D eigenvalue weighted by Crippen LogP contribution is -2.23. The molecule has 1 unspecified atom stereocenters. The van der Waals surface area contributed by atoms with E-state index in [1.807, 2.05) is 37.3 Å². The summed E-state index contributed by atoms with van der Waals surface area (Å²) < 4.78 is 1.53. The largest absolute Gasteiger partial charge is 0.326 e. The summed E-state index contributed by atoms with van der Waals surface area (Å²) in [4.78, 5) is 35.3. The van der Waals surface area contributed by atoms with Gasteiger partial charge in [-0.3, -0.25) is 19.7 Å². The van der Waals surface area contributed by atoms with Crippen LogP contribution in [0.15, 0.2) is 54.6 Å². The van der Waals surface area contributed by atoms with E-state index in [4.69, 9.17) is 0 Å². The van der Waals surface area contributed by atoms with Gasteiger partial charge in [-0.25, -0.2) is 4.68 Å². The minimum atomic E-state index is -0.792. The van der Waals surface area contributed by atoms with E-state index in [0.717, 1.165) is 16.8 Å². The molecule has 2 N–H and O–H groups in total. The molecule has 1 aliphatic rings. The summed E-state index contributed by atoms with van der Waals surface area (Å²) in [7, 11) is 0. The Balaban J connectivity index is 1.56. The van der Waals surface area contributed by atoms with Gasteiger partial charge in [0, 0.05) is 23.4 Å². The Labute approximate surface area is 165 Å². The summed E-state index contributed by atoms with van der Waals surface area (Å²) in [6.45, 7) is 1.85. The topological polar surface area (TPSA) is 119 Å². The van der Waals surface area contributed by atoms with Crippen LogP contribution < -0.4 is 10.6 Å². The van der Waals surface area contributed by atoms with Crippen LogP contribution in [0.5, 0.6) is 0 Å². The summed E-state index contributed by atoms with van der Waals surface area (Å²) in [6, 6.07) is 14.4. The van der Waals surface area contributed by atoms with E-state index in [1.165, 1.54) is 22.9 Å². The maximum absolute atomic E-state index is 12.5. The summed E-state index contributed by atoms with van der Waals surface area (Å²) in [5.41, 5.74) is 2.66. The fourth-order valence-electron chi connectivity index (χ4n) is 3.42. The van der Waals surface area contributed by atoms with Gasteiger partial charge in [0.1, 0.15) is 11.9 Å². The SMILES string of the molecule is Cc1nn2c(c1-c1ccccc1)NC(=O)C2CC(=O)Nc1cccc([N+](=O)[O-])c1. The standard InChI is InChI=1S/C20H17N5O4/c1-12-18(13-6-3-2-4-7-13)19-22-20(27)16(24(19)23-12)11-17(26)21-14-8-5-9-15(10-14)25(28)29/h2-10,16H,11H2,1H3,(H,21,26)(H,22,27). The Bertz CT molecular complexity index is 1120. The number of nitrogens with zero attached hydrogens (tertiary/aromatic N) is 3. The van der Waals surface area contributed by atoms with E-state index in [0.29, 0.717) is 11.5 Å². The number of aryl methyl sites for hydroxylation is 1. The van der Waals surface area contributed by atoms with Gasteiger partial charge in [0.25, 0.3) is 11.6 Å². The smallest absolute Gasteiger partial charge is 0.271 e. The third-order valence-electron chi connectivity index (χ3n) is 4.71. The molecule has 0 aliphatic carbocycles. The summed E-state index contributed by atoms with van der Waals surface area (Å²) in [5.74, 6) is -0.196. The van der Waals surface area contributed by atoms with Crippen molar-refractivity contribution in [2.75, 3.05) is 10.6 Å². The van der Waals surface area contributed by atoms with Gasteiger partial charge >= 0.3 is 0 Å². The number of hydrogen-bond donors (Lipinski definition) is 2. The number of rotatable bonds is 5. The number of non-ortho nitro benzene ring substituents is 1. The number of anilines is 2. The number of aromatic nitrogens is 2. The zero-order valence-electron chi connectivity index (χ0n) is 15.5. The van der Waals surface area contributed by atoms with Gasteiger partial charge in [-0.05, 0) is 18.6 Å². The predicted octanol–water partition coefficient (Wildman–Crippen LogP) is 3.29. The minimum Gasteiger partial charge on any atom is -0.326 e. The van der Waals surface area contributed by atoms with E-state index < -0.39 is 16.9 Å². The number of benzene rings is 2. The molecule has 1 aromatic heterocycles. The van der Waals surface area contributed by atoms with Crippen LogP contribution in [0, 0.1) is 17.0 Å². The van der Waals surface area contributed by atoms with Crippen molar-refractivity contribution in [3.05, 3.63) is 70.4 Å². The number of fused-ring (bicyclic) bond motifs is 1. The molecule has 1 aliphatic heterocycles. The summed E-state index contributed by atoms with van der Waals surface area (Å²) in [6.07, 6.45) is -0.142. The second kappa shape index (κ2) is 7.19. The molecule has 9 nitrogen and oxygen atoms in total. The average molecular weight is 391 g/mol. The molecule has 29 heavy (non-hydrogen) atoms. The molecule has 0 fully saturated rings. The lowest BCUT2D eigenvalue weighted by molar-refractivity contribution is -0.384. The third kappa shape index (κ3) is 3.45. The number of carbonyl (C=O) groups excluding carboxylic acids is 2. The van der Waals surface area contributed by atoms with E-state index in [2.05, 4.69) is 15.7 Å². The number of nitrogens with one attached hydrogen (secondary N) is 2. The predicted molar refractivity (Wildman–Crippen MR) is 106 cm³/mol. The molecule has 2 amide bonds. The lowest BCUT2D eigenvalue weighted by atomic mass is 10.1. The van der Waals surface area contributed by atoms with Crippen LogP contribution in [0.25, 0.3) is 11.1 Å². The second-order valence-electron chi connectivity index (χ2n) is 6.68. The average Bonchev–Trinajstić information content (AvgIpc) is 3.16. The molecule has 1 atom stereocenters. The fourth-order valence-corrected chi connectivity index (χ4v) is 3.42. The number of amides is 2. The highest BCUT2D eigenvalue weighted by Gasteiger charge is 2.36. The molecule has 2 heterocycles. The molecule has 0 radical (unpaired) electrons. The van der Waals surface area contributed by atoms with Crippen molar-refractivity contribution in [3.8, 4) is 11.1 Å². The van der Waals surface area contributed by atoms with Crippen LogP contribution in [0.2, 0.25) is 0 Å². The lowest BCUT2D eigenvalue weighted by Gasteiger charge is -2.10. The van der Waals surface area contributed by atoms with Gasteiger partial charge in [-0.15, -0.1) is 0 Å². The summed E-state index contributed by atoms with van der Waals surface area (Å²) >= 11 is 0.